The minimum absolute atomic E-state index is 0.129. The molecular weight excluding hydrogens is 465 g/mol. The molecule has 2 aromatic carbocycles. The first-order valence-electron chi connectivity index (χ1n) is 9.32. The minimum atomic E-state index is -4.36. The maximum Gasteiger partial charge on any atom is 0.416 e. The van der Waals surface area contributed by atoms with E-state index in [1.807, 2.05) is 11.0 Å². The standard InChI is InChI=1S/C21H18BrF3N2O3/c22-19-14-11-18(20(28)29)30-17(14)6-5-16(19)27-9-7-26(8-10-27)12-13-3-1-2-4-15(13)21(23,24)25/h1-6,11H,7-10,12H2,(H,28,29). The molecule has 30 heavy (non-hydrogen) atoms. The first kappa shape index (κ1) is 20.7. The maximum atomic E-state index is 13.2. The highest BCUT2D eigenvalue weighted by Crippen LogP contribution is 2.36. The van der Waals surface area contributed by atoms with Crippen LogP contribution >= 0.6 is 15.9 Å². The molecule has 0 saturated carbocycles. The average Bonchev–Trinajstić information content (AvgIpc) is 3.14. The molecule has 4 rings (SSSR count). The van der Waals surface area contributed by atoms with E-state index in [1.54, 1.807) is 12.1 Å². The Morgan fingerprint density at radius 2 is 1.80 bits per heavy atom. The lowest BCUT2D eigenvalue weighted by molar-refractivity contribution is -0.138. The topological polar surface area (TPSA) is 56.9 Å². The van der Waals surface area contributed by atoms with Crippen molar-refractivity contribution in [3.63, 3.8) is 0 Å². The van der Waals surface area contributed by atoms with Gasteiger partial charge in [0.2, 0.25) is 5.76 Å². The fourth-order valence-electron chi connectivity index (χ4n) is 3.74. The van der Waals surface area contributed by atoms with E-state index in [4.69, 9.17) is 9.52 Å². The third-order valence-corrected chi connectivity index (χ3v) is 6.09. The van der Waals surface area contributed by atoms with E-state index < -0.39 is 17.7 Å². The van der Waals surface area contributed by atoms with Gasteiger partial charge in [0, 0.05) is 44.2 Å². The average molecular weight is 483 g/mol. The molecular formula is C21H18BrF3N2O3. The summed E-state index contributed by atoms with van der Waals surface area (Å²) in [6, 6.07) is 10.7. The van der Waals surface area contributed by atoms with Crippen molar-refractivity contribution in [2.75, 3.05) is 31.1 Å². The number of furan rings is 1. The molecule has 0 amide bonds. The Morgan fingerprint density at radius 1 is 1.10 bits per heavy atom. The molecule has 1 N–H and O–H groups in total. The number of carboxylic acids is 1. The molecule has 1 aliphatic rings. The Balaban J connectivity index is 1.48. The van der Waals surface area contributed by atoms with E-state index in [-0.39, 0.29) is 17.9 Å². The quantitative estimate of drug-likeness (QED) is 0.551. The van der Waals surface area contributed by atoms with Crippen molar-refractivity contribution in [2.45, 2.75) is 12.7 Å². The number of nitrogens with zero attached hydrogens (tertiary/aromatic N) is 2. The van der Waals surface area contributed by atoms with Gasteiger partial charge in [-0.05, 0) is 39.7 Å². The largest absolute Gasteiger partial charge is 0.475 e. The molecule has 1 fully saturated rings. The molecule has 2 heterocycles. The predicted octanol–water partition coefficient (Wildman–Crippen LogP) is 5.23. The zero-order valence-electron chi connectivity index (χ0n) is 15.7. The number of hydrogen-bond acceptors (Lipinski definition) is 4. The number of fused-ring (bicyclic) bond motifs is 1. The SMILES string of the molecule is O=C(O)c1cc2c(Br)c(N3CCN(Cc4ccccc4C(F)(F)F)CC3)ccc2o1. The summed E-state index contributed by atoms with van der Waals surface area (Å²) in [5.74, 6) is -1.26. The van der Waals surface area contributed by atoms with Crippen LogP contribution in [0.15, 0.2) is 51.4 Å². The van der Waals surface area contributed by atoms with Gasteiger partial charge in [-0.3, -0.25) is 4.90 Å². The second kappa shape index (κ2) is 7.96. The number of aromatic carboxylic acids is 1. The third-order valence-electron chi connectivity index (χ3n) is 5.26. The van der Waals surface area contributed by atoms with Gasteiger partial charge >= 0.3 is 12.1 Å². The number of anilines is 1. The molecule has 5 nitrogen and oxygen atoms in total. The summed E-state index contributed by atoms with van der Waals surface area (Å²) < 4.78 is 45.8. The molecule has 0 radical (unpaired) electrons. The van der Waals surface area contributed by atoms with Gasteiger partial charge in [0.1, 0.15) is 5.58 Å². The third kappa shape index (κ3) is 4.04. The first-order valence-corrected chi connectivity index (χ1v) is 10.1. The van der Waals surface area contributed by atoms with Crippen molar-refractivity contribution < 1.29 is 27.5 Å². The van der Waals surface area contributed by atoms with Gasteiger partial charge in [-0.25, -0.2) is 4.79 Å². The van der Waals surface area contributed by atoms with Gasteiger partial charge in [-0.1, -0.05) is 18.2 Å². The molecule has 0 unspecified atom stereocenters. The zero-order chi connectivity index (χ0) is 21.5. The van der Waals surface area contributed by atoms with E-state index >= 15 is 0 Å². The highest BCUT2D eigenvalue weighted by molar-refractivity contribution is 9.10. The minimum Gasteiger partial charge on any atom is -0.475 e. The number of carbonyl (C=O) groups is 1. The summed E-state index contributed by atoms with van der Waals surface area (Å²) >= 11 is 3.55. The lowest BCUT2D eigenvalue weighted by Crippen LogP contribution is -2.46. The normalized spacial score (nSPS) is 15.7. The smallest absolute Gasteiger partial charge is 0.416 e. The highest BCUT2D eigenvalue weighted by Gasteiger charge is 2.33. The predicted molar refractivity (Wildman–Crippen MR) is 110 cm³/mol. The number of alkyl halides is 3. The van der Waals surface area contributed by atoms with Crippen molar-refractivity contribution in [1.29, 1.82) is 0 Å². The molecule has 1 aromatic heterocycles. The summed E-state index contributed by atoms with van der Waals surface area (Å²) in [6.45, 7) is 2.75. The second-order valence-corrected chi connectivity index (χ2v) is 7.94. The van der Waals surface area contributed by atoms with Crippen LogP contribution < -0.4 is 4.90 Å². The van der Waals surface area contributed by atoms with Gasteiger partial charge in [0.15, 0.2) is 0 Å². The summed E-state index contributed by atoms with van der Waals surface area (Å²) in [5.41, 5.74) is 1.07. The van der Waals surface area contributed by atoms with Crippen LogP contribution in [0.3, 0.4) is 0 Å². The Hall–Kier alpha value is -2.52. The van der Waals surface area contributed by atoms with Crippen molar-refractivity contribution in [3.8, 4) is 0 Å². The second-order valence-electron chi connectivity index (χ2n) is 7.14. The van der Waals surface area contributed by atoms with Crippen molar-refractivity contribution in [1.82, 2.24) is 4.90 Å². The van der Waals surface area contributed by atoms with Crippen LogP contribution in [-0.2, 0) is 12.7 Å². The summed E-state index contributed by atoms with van der Waals surface area (Å²) in [6.07, 6.45) is -4.36. The Kier molecular flexibility index (Phi) is 5.50. The maximum absolute atomic E-state index is 13.2. The van der Waals surface area contributed by atoms with Gasteiger partial charge in [-0.2, -0.15) is 13.2 Å². The van der Waals surface area contributed by atoms with Gasteiger partial charge in [0.05, 0.1) is 15.7 Å². The summed E-state index contributed by atoms with van der Waals surface area (Å²) in [5, 5.41) is 9.79. The van der Waals surface area contributed by atoms with E-state index in [9.17, 15) is 18.0 Å². The van der Waals surface area contributed by atoms with Crippen molar-refractivity contribution in [2.24, 2.45) is 0 Å². The number of rotatable bonds is 4. The van der Waals surface area contributed by atoms with Crippen LogP contribution in [0.2, 0.25) is 0 Å². The Labute approximate surface area is 178 Å². The first-order chi connectivity index (χ1) is 14.2. The Bertz CT molecular complexity index is 1090. The molecule has 9 heteroatoms. The fourth-order valence-corrected chi connectivity index (χ4v) is 4.43. The van der Waals surface area contributed by atoms with Crippen LogP contribution in [0, 0.1) is 0 Å². The van der Waals surface area contributed by atoms with Gasteiger partial charge in [-0.15, -0.1) is 0 Å². The molecule has 0 bridgehead atoms. The number of halogens is 4. The fraction of sp³-hybridized carbons (Fsp3) is 0.286. The lowest BCUT2D eigenvalue weighted by Gasteiger charge is -2.37. The molecule has 1 saturated heterocycles. The van der Waals surface area contributed by atoms with Crippen LogP contribution in [0.5, 0.6) is 0 Å². The monoisotopic (exact) mass is 482 g/mol. The number of hydrogen-bond donors (Lipinski definition) is 1. The van der Waals surface area contributed by atoms with Crippen LogP contribution in [0.1, 0.15) is 21.7 Å². The molecule has 0 atom stereocenters. The van der Waals surface area contributed by atoms with Crippen LogP contribution in [0.4, 0.5) is 18.9 Å². The van der Waals surface area contributed by atoms with E-state index in [2.05, 4.69) is 20.8 Å². The van der Waals surface area contributed by atoms with Crippen LogP contribution in [0.25, 0.3) is 11.0 Å². The molecule has 3 aromatic rings. The lowest BCUT2D eigenvalue weighted by atomic mass is 10.1. The zero-order valence-corrected chi connectivity index (χ0v) is 17.3. The number of piperazine rings is 1. The summed E-state index contributed by atoms with van der Waals surface area (Å²) in [4.78, 5) is 15.3. The highest BCUT2D eigenvalue weighted by atomic mass is 79.9. The van der Waals surface area contributed by atoms with Crippen LogP contribution in [-0.4, -0.2) is 42.2 Å². The van der Waals surface area contributed by atoms with Crippen molar-refractivity contribution in [3.05, 3.63) is 63.8 Å². The molecule has 1 aliphatic heterocycles. The molecule has 0 spiro atoms. The number of benzene rings is 2. The van der Waals surface area contributed by atoms with Gasteiger partial charge < -0.3 is 14.4 Å². The Morgan fingerprint density at radius 3 is 2.47 bits per heavy atom. The van der Waals surface area contributed by atoms with E-state index in [0.29, 0.717) is 37.1 Å². The molecule has 158 valence electrons. The van der Waals surface area contributed by atoms with E-state index in [0.717, 1.165) is 16.2 Å². The number of carboxylic acid groups (broad SMARTS) is 1. The molecule has 0 aliphatic carbocycles. The van der Waals surface area contributed by atoms with Gasteiger partial charge in [0.25, 0.3) is 0 Å². The van der Waals surface area contributed by atoms with Crippen molar-refractivity contribution >= 4 is 38.6 Å². The van der Waals surface area contributed by atoms with E-state index in [1.165, 1.54) is 18.2 Å². The summed E-state index contributed by atoms with van der Waals surface area (Å²) in [7, 11) is 0.